The summed E-state index contributed by atoms with van der Waals surface area (Å²) >= 11 is 0. The number of rotatable bonds is 10. The van der Waals surface area contributed by atoms with Crippen LogP contribution in [0.1, 0.15) is 69.1 Å². The minimum atomic E-state index is -4.64. The van der Waals surface area contributed by atoms with Crippen LogP contribution in [0.5, 0.6) is 23.0 Å². The molecule has 0 bridgehead atoms. The number of ether oxygens (including phenoxy) is 1. The molecule has 8 amide bonds. The largest absolute Gasteiger partial charge is 0.504 e. The third kappa shape index (κ3) is 10.4. The number of benzene rings is 2. The molecule has 2 aromatic rings. The van der Waals surface area contributed by atoms with Gasteiger partial charge in [-0.25, -0.2) is 29.6 Å². The number of aromatic hydroxyl groups is 4. The molecular weight excluding hydrogens is 972 g/mol. The molecule has 2 fully saturated rings. The summed E-state index contributed by atoms with van der Waals surface area (Å²) in [6, 6.07) is 3.11. The molecule has 8 rings (SSSR count). The maximum Gasteiger partial charge on any atom is 0.446 e. The van der Waals surface area contributed by atoms with Gasteiger partial charge in [0.05, 0.1) is 52.4 Å². The lowest BCUT2D eigenvalue weighted by atomic mass is 10.1. The van der Waals surface area contributed by atoms with Crippen molar-refractivity contribution in [2.75, 3.05) is 52.4 Å². The van der Waals surface area contributed by atoms with E-state index in [-0.39, 0.29) is 96.7 Å². The standard InChI is InChI=1S/C23H26N4O8.C18H17N5O8.C2HF3O/c1-11-9-25-10-14(17(27(25)19(11)31)22(34)35-23(2,3)4)18(30)24-5-6-26-20(32)12-7-15(28)16(29)8-13(12)21(26)33;19-10-6-21-5-9(13(18(30)31)23(21)17(10)29)14(26)20-1-2-22-15(27)7-3-11(24)12(25)4-8(7)16(22)28;3-2(4,5)1-6/h7-8,11,28-29H,5-6,9-10H2,1-4H3,(H,24,30);3-4,10,24-25H,1-2,5-6,19H2,(H,20,26)(H,30,31);1H/t11-;10-;/m00./s1. The van der Waals surface area contributed by atoms with Crippen LogP contribution in [0.2, 0.25) is 0 Å². The number of esters is 1. The number of hydrogen-bond acceptors (Lipinski definition) is 19. The van der Waals surface area contributed by atoms with E-state index in [4.69, 9.17) is 15.3 Å². The van der Waals surface area contributed by atoms with Gasteiger partial charge in [0.25, 0.3) is 41.4 Å². The Morgan fingerprint density at radius 1 is 0.681 bits per heavy atom. The fourth-order valence-corrected chi connectivity index (χ4v) is 7.98. The number of fused-ring (bicyclic) bond motifs is 4. The van der Waals surface area contributed by atoms with Crippen molar-refractivity contribution in [2.24, 2.45) is 11.7 Å². The monoisotopic (exact) mass is 1020 g/mol. The Balaban J connectivity index is 0.000000213. The van der Waals surface area contributed by atoms with Crippen LogP contribution in [0.4, 0.5) is 13.2 Å². The minimum absolute atomic E-state index is 0.0298. The molecule has 0 aromatic heterocycles. The summed E-state index contributed by atoms with van der Waals surface area (Å²) in [5.41, 5.74) is 3.80. The number of nitrogens with two attached hydrogens (primary N) is 1. The van der Waals surface area contributed by atoms with Gasteiger partial charge in [0.15, 0.2) is 34.4 Å². The van der Waals surface area contributed by atoms with Crippen LogP contribution in [-0.2, 0) is 38.3 Å². The number of nitrogens with one attached hydrogen (secondary N) is 2. The van der Waals surface area contributed by atoms with Crippen LogP contribution in [-0.4, -0.2) is 191 Å². The molecule has 0 aliphatic carbocycles. The van der Waals surface area contributed by atoms with Crippen molar-refractivity contribution < 1.29 is 96.2 Å². The normalized spacial score (nSPS) is 19.5. The molecule has 0 spiro atoms. The summed E-state index contributed by atoms with van der Waals surface area (Å²) in [7, 11) is 0. The Hall–Kier alpha value is -8.44. The number of imide groups is 2. The maximum absolute atomic E-state index is 13.0. The zero-order valence-corrected chi connectivity index (χ0v) is 38.2. The van der Waals surface area contributed by atoms with Crippen LogP contribution in [0, 0.1) is 5.92 Å². The number of aldehydes is 1. The van der Waals surface area contributed by atoms with Crippen LogP contribution in [0.3, 0.4) is 0 Å². The summed E-state index contributed by atoms with van der Waals surface area (Å²) in [6.07, 6.45) is -5.70. The first-order valence-corrected chi connectivity index (χ1v) is 21.3. The average Bonchev–Trinajstić information content (AvgIpc) is 4.09. The van der Waals surface area contributed by atoms with Crippen molar-refractivity contribution in [3.63, 3.8) is 0 Å². The molecule has 26 nitrogen and oxygen atoms in total. The van der Waals surface area contributed by atoms with Crippen LogP contribution >= 0.6 is 0 Å². The molecule has 0 saturated carbocycles. The van der Waals surface area contributed by atoms with E-state index in [0.29, 0.717) is 6.54 Å². The topological polar surface area (TPSA) is 368 Å². The summed E-state index contributed by atoms with van der Waals surface area (Å²) in [4.78, 5) is 135. The molecule has 384 valence electrons. The van der Waals surface area contributed by atoms with Gasteiger partial charge in [-0.1, -0.05) is 6.92 Å². The van der Waals surface area contributed by atoms with Crippen molar-refractivity contribution in [1.82, 2.24) is 40.5 Å². The zero-order chi connectivity index (χ0) is 53.6. The van der Waals surface area contributed by atoms with Gasteiger partial charge in [0, 0.05) is 39.3 Å². The highest BCUT2D eigenvalue weighted by Gasteiger charge is 2.50. The van der Waals surface area contributed by atoms with Crippen molar-refractivity contribution in [1.29, 1.82) is 0 Å². The number of hydrazine groups is 2. The molecule has 72 heavy (non-hydrogen) atoms. The van der Waals surface area contributed by atoms with E-state index < -0.39 is 106 Å². The van der Waals surface area contributed by atoms with Gasteiger partial charge in [-0.15, -0.1) is 0 Å². The van der Waals surface area contributed by atoms with Crippen LogP contribution in [0.25, 0.3) is 0 Å². The fourth-order valence-electron chi connectivity index (χ4n) is 7.98. The van der Waals surface area contributed by atoms with Crippen molar-refractivity contribution in [3.8, 4) is 23.0 Å². The molecule has 2 saturated heterocycles. The summed E-state index contributed by atoms with van der Waals surface area (Å²) in [5.74, 6) is -9.84. The molecule has 0 radical (unpaired) electrons. The first-order chi connectivity index (χ1) is 33.5. The lowest BCUT2D eigenvalue weighted by Crippen LogP contribution is -2.39. The number of halogens is 3. The Kier molecular flexibility index (Phi) is 14.5. The lowest BCUT2D eigenvalue weighted by Gasteiger charge is -2.24. The number of carboxylic acids is 1. The number of alkyl halides is 3. The number of phenolic OH excluding ortho intramolecular Hbond substituents is 4. The predicted molar refractivity (Wildman–Crippen MR) is 230 cm³/mol. The number of carbonyl (C=O) groups excluding carboxylic acids is 10. The van der Waals surface area contributed by atoms with E-state index >= 15 is 0 Å². The van der Waals surface area contributed by atoms with E-state index in [0.717, 1.165) is 39.1 Å². The number of carbonyl (C=O) groups is 11. The van der Waals surface area contributed by atoms with Gasteiger partial charge in [0.1, 0.15) is 11.6 Å². The van der Waals surface area contributed by atoms with E-state index in [2.05, 4.69) is 10.6 Å². The number of amides is 8. The third-order valence-corrected chi connectivity index (χ3v) is 11.1. The number of nitrogens with zero attached hydrogens (tertiary/aromatic N) is 6. The Morgan fingerprint density at radius 3 is 1.40 bits per heavy atom. The fraction of sp³-hybridized carbons (Fsp3) is 0.372. The number of hydrogen-bond donors (Lipinski definition) is 8. The summed E-state index contributed by atoms with van der Waals surface area (Å²) in [6.45, 7) is 6.34. The first-order valence-electron chi connectivity index (χ1n) is 21.3. The van der Waals surface area contributed by atoms with E-state index in [9.17, 15) is 86.6 Å². The quantitative estimate of drug-likeness (QED) is 0.0576. The molecule has 6 aliphatic heterocycles. The molecule has 2 aromatic carbocycles. The minimum Gasteiger partial charge on any atom is -0.504 e. The van der Waals surface area contributed by atoms with Gasteiger partial charge in [-0.05, 0) is 45.0 Å². The second-order valence-corrected chi connectivity index (χ2v) is 17.4. The average molecular weight is 1020 g/mol. The SMILES string of the molecule is C[C@H]1CN2CC(C(=O)NCCN3C(=O)c4cc(O)c(O)cc4C3=O)=C(C(=O)OC(C)(C)C)N2C1=O.N[C@H]1CN2CC(C(=O)NCCN3C(=O)c4cc(O)c(O)cc4C3=O)=C(C(=O)O)N2C1=O.O=CC(F)(F)F. The van der Waals surface area contributed by atoms with Crippen molar-refractivity contribution in [2.45, 2.75) is 45.5 Å². The van der Waals surface area contributed by atoms with Gasteiger partial charge in [-0.2, -0.15) is 13.2 Å². The molecule has 2 atom stereocenters. The number of phenols is 4. The lowest BCUT2D eigenvalue weighted by molar-refractivity contribution is -0.156. The van der Waals surface area contributed by atoms with E-state index in [1.165, 1.54) is 10.0 Å². The second kappa shape index (κ2) is 19.8. The highest BCUT2D eigenvalue weighted by molar-refractivity contribution is 6.22. The zero-order valence-electron chi connectivity index (χ0n) is 38.2. The van der Waals surface area contributed by atoms with Gasteiger partial charge in [-0.3, -0.25) is 53.0 Å². The number of carboxylic acid groups (broad SMARTS) is 1. The Bertz CT molecular complexity index is 2740. The van der Waals surface area contributed by atoms with E-state index in [1.54, 1.807) is 32.7 Å². The molecule has 6 heterocycles. The summed E-state index contributed by atoms with van der Waals surface area (Å²) < 4.78 is 36.7. The van der Waals surface area contributed by atoms with Gasteiger partial charge < -0.3 is 46.6 Å². The Morgan fingerprint density at radius 2 is 1.04 bits per heavy atom. The van der Waals surface area contributed by atoms with Gasteiger partial charge in [0.2, 0.25) is 12.2 Å². The van der Waals surface area contributed by atoms with Crippen molar-refractivity contribution in [3.05, 3.63) is 69.1 Å². The smallest absolute Gasteiger partial charge is 0.446 e. The first kappa shape index (κ1) is 52.9. The summed E-state index contributed by atoms with van der Waals surface area (Å²) in [5, 5.41) is 57.8. The van der Waals surface area contributed by atoms with Crippen LogP contribution < -0.4 is 16.4 Å². The Labute approximate surface area is 403 Å². The second-order valence-electron chi connectivity index (χ2n) is 17.4. The van der Waals surface area contributed by atoms with Gasteiger partial charge >= 0.3 is 18.1 Å². The van der Waals surface area contributed by atoms with Crippen LogP contribution in [0.15, 0.2) is 46.8 Å². The molecular formula is C43H44F3N9O17. The van der Waals surface area contributed by atoms with E-state index in [1.807, 2.05) is 0 Å². The number of aliphatic carboxylic acids is 1. The maximum atomic E-state index is 13.0. The molecule has 9 N–H and O–H groups in total. The molecule has 0 unspecified atom stereocenters. The van der Waals surface area contributed by atoms with Crippen molar-refractivity contribution >= 4 is 65.5 Å². The highest BCUT2D eigenvalue weighted by Crippen LogP contribution is 2.36. The predicted octanol–water partition coefficient (Wildman–Crippen LogP) is -1.59. The molecule has 6 aliphatic rings. The third-order valence-electron chi connectivity index (χ3n) is 11.1. The highest BCUT2D eigenvalue weighted by atomic mass is 19.4. The molecule has 29 heteroatoms.